The Bertz CT molecular complexity index is 569. The van der Waals surface area contributed by atoms with Crippen LogP contribution in [0, 0.1) is 6.92 Å². The fourth-order valence-corrected chi connectivity index (χ4v) is 2.53. The van der Waals surface area contributed by atoms with Crippen molar-refractivity contribution in [1.29, 1.82) is 0 Å². The molecule has 4 heteroatoms. The maximum Gasteiger partial charge on any atom is 0.137 e. The Balaban J connectivity index is 2.43. The van der Waals surface area contributed by atoms with Crippen LogP contribution in [0.4, 0.5) is 11.5 Å². The quantitative estimate of drug-likeness (QED) is 0.932. The summed E-state index contributed by atoms with van der Waals surface area (Å²) in [5.41, 5.74) is 3.59. The van der Waals surface area contributed by atoms with E-state index in [2.05, 4.69) is 75.4 Å². The molecule has 2 rings (SSSR count). The second kappa shape index (κ2) is 6.17. The molecular formula is C15H18BrN3. The summed E-state index contributed by atoms with van der Waals surface area (Å²) in [5, 5.41) is 3.19. The molecule has 1 N–H and O–H groups in total. The monoisotopic (exact) mass is 319 g/mol. The predicted octanol–water partition coefficient (Wildman–Crippen LogP) is 3.64. The number of nitrogens with one attached hydrogen (secondary N) is 1. The second-order valence-corrected chi connectivity index (χ2v) is 5.43. The van der Waals surface area contributed by atoms with Crippen LogP contribution >= 0.6 is 15.9 Å². The fourth-order valence-electron chi connectivity index (χ4n) is 2.15. The first-order valence-electron chi connectivity index (χ1n) is 6.22. The normalized spacial score (nSPS) is 10.5. The van der Waals surface area contributed by atoms with Gasteiger partial charge in [-0.3, -0.25) is 0 Å². The van der Waals surface area contributed by atoms with Crippen molar-refractivity contribution in [3.63, 3.8) is 0 Å². The van der Waals surface area contributed by atoms with Gasteiger partial charge in [-0.1, -0.05) is 18.2 Å². The van der Waals surface area contributed by atoms with Crippen LogP contribution in [-0.4, -0.2) is 19.1 Å². The molecule has 0 aliphatic carbocycles. The van der Waals surface area contributed by atoms with Crippen LogP contribution < -0.4 is 10.2 Å². The van der Waals surface area contributed by atoms with Crippen LogP contribution in [0.2, 0.25) is 0 Å². The van der Waals surface area contributed by atoms with Crippen molar-refractivity contribution in [2.75, 3.05) is 19.0 Å². The van der Waals surface area contributed by atoms with Gasteiger partial charge in [-0.15, -0.1) is 0 Å². The van der Waals surface area contributed by atoms with E-state index in [1.54, 1.807) is 0 Å². The van der Waals surface area contributed by atoms with E-state index in [4.69, 9.17) is 0 Å². The fraction of sp³-hybridized carbons (Fsp3) is 0.267. The van der Waals surface area contributed by atoms with Crippen molar-refractivity contribution in [3.05, 3.63) is 52.1 Å². The largest absolute Gasteiger partial charge is 0.329 e. The smallest absolute Gasteiger partial charge is 0.137 e. The highest BCUT2D eigenvalue weighted by Crippen LogP contribution is 2.28. The van der Waals surface area contributed by atoms with Crippen LogP contribution in [0.25, 0.3) is 0 Å². The molecule has 0 bridgehead atoms. The molecule has 0 atom stereocenters. The standard InChI is InChI=1S/C15H18BrN3/c1-11-6-4-5-7-14(11)19(3)15-12(9-17-2)8-13(16)10-18-15/h4-8,10,17H,9H2,1-3H3. The molecule has 1 aromatic heterocycles. The first-order valence-corrected chi connectivity index (χ1v) is 7.01. The second-order valence-electron chi connectivity index (χ2n) is 4.51. The molecule has 0 saturated carbocycles. The number of halogens is 1. The zero-order valence-corrected chi connectivity index (χ0v) is 13.0. The van der Waals surface area contributed by atoms with E-state index < -0.39 is 0 Å². The molecule has 0 fully saturated rings. The van der Waals surface area contributed by atoms with Crippen LogP contribution in [0.1, 0.15) is 11.1 Å². The number of pyridine rings is 1. The van der Waals surface area contributed by atoms with Crippen LogP contribution in [0.3, 0.4) is 0 Å². The van der Waals surface area contributed by atoms with E-state index in [9.17, 15) is 0 Å². The third-order valence-corrected chi connectivity index (χ3v) is 3.50. The summed E-state index contributed by atoms with van der Waals surface area (Å²) in [6.07, 6.45) is 1.84. The maximum atomic E-state index is 4.55. The number of benzene rings is 1. The molecule has 0 amide bonds. The van der Waals surface area contributed by atoms with Gasteiger partial charge in [0, 0.05) is 35.5 Å². The van der Waals surface area contributed by atoms with E-state index in [0.717, 1.165) is 16.8 Å². The lowest BCUT2D eigenvalue weighted by Gasteiger charge is -2.23. The summed E-state index contributed by atoms with van der Waals surface area (Å²) in [6.45, 7) is 2.90. The number of aryl methyl sites for hydroxylation is 1. The van der Waals surface area contributed by atoms with Crippen LogP contribution in [0.15, 0.2) is 41.0 Å². The van der Waals surface area contributed by atoms with Crippen molar-refractivity contribution in [2.24, 2.45) is 0 Å². The molecule has 1 heterocycles. The van der Waals surface area contributed by atoms with Crippen molar-refractivity contribution >= 4 is 27.4 Å². The molecular weight excluding hydrogens is 302 g/mol. The van der Waals surface area contributed by atoms with Crippen LogP contribution in [-0.2, 0) is 6.54 Å². The number of rotatable bonds is 4. The van der Waals surface area contributed by atoms with E-state index in [1.165, 1.54) is 16.8 Å². The minimum atomic E-state index is 0.790. The summed E-state index contributed by atoms with van der Waals surface area (Å²) in [5.74, 6) is 0.979. The zero-order valence-electron chi connectivity index (χ0n) is 11.4. The number of aromatic nitrogens is 1. The number of para-hydroxylation sites is 1. The molecule has 0 saturated heterocycles. The predicted molar refractivity (Wildman–Crippen MR) is 83.9 cm³/mol. The Hall–Kier alpha value is -1.39. The Morgan fingerprint density at radius 3 is 2.74 bits per heavy atom. The Labute approximate surface area is 122 Å². The minimum absolute atomic E-state index is 0.790. The van der Waals surface area contributed by atoms with Crippen molar-refractivity contribution < 1.29 is 0 Å². The number of nitrogens with zero attached hydrogens (tertiary/aromatic N) is 2. The first kappa shape index (κ1) is 14.0. The number of anilines is 2. The van der Waals surface area contributed by atoms with Crippen molar-refractivity contribution in [2.45, 2.75) is 13.5 Å². The third-order valence-electron chi connectivity index (χ3n) is 3.07. The van der Waals surface area contributed by atoms with E-state index >= 15 is 0 Å². The lowest BCUT2D eigenvalue weighted by molar-refractivity contribution is 0.809. The van der Waals surface area contributed by atoms with Gasteiger partial charge in [-0.2, -0.15) is 0 Å². The minimum Gasteiger partial charge on any atom is -0.329 e. The van der Waals surface area contributed by atoms with Crippen LogP contribution in [0.5, 0.6) is 0 Å². The molecule has 0 spiro atoms. The van der Waals surface area contributed by atoms with E-state index in [-0.39, 0.29) is 0 Å². The summed E-state index contributed by atoms with van der Waals surface area (Å²) in [7, 11) is 4.00. The Kier molecular flexibility index (Phi) is 4.56. The maximum absolute atomic E-state index is 4.55. The number of hydrogen-bond donors (Lipinski definition) is 1. The molecule has 19 heavy (non-hydrogen) atoms. The van der Waals surface area contributed by atoms with Gasteiger partial charge in [0.15, 0.2) is 0 Å². The lowest BCUT2D eigenvalue weighted by Crippen LogP contribution is -2.17. The van der Waals surface area contributed by atoms with E-state index in [0.29, 0.717) is 0 Å². The highest BCUT2D eigenvalue weighted by atomic mass is 79.9. The van der Waals surface area contributed by atoms with Crippen molar-refractivity contribution in [1.82, 2.24) is 10.3 Å². The zero-order chi connectivity index (χ0) is 13.8. The molecule has 0 radical (unpaired) electrons. The van der Waals surface area contributed by atoms with Gasteiger partial charge in [0.05, 0.1) is 0 Å². The van der Waals surface area contributed by atoms with Gasteiger partial charge >= 0.3 is 0 Å². The van der Waals surface area contributed by atoms with Gasteiger partial charge < -0.3 is 10.2 Å². The highest BCUT2D eigenvalue weighted by molar-refractivity contribution is 9.10. The van der Waals surface area contributed by atoms with Gasteiger partial charge in [-0.25, -0.2) is 4.98 Å². The molecule has 2 aromatic rings. The van der Waals surface area contributed by atoms with Gasteiger partial charge in [-0.05, 0) is 47.6 Å². The highest BCUT2D eigenvalue weighted by Gasteiger charge is 2.12. The Morgan fingerprint density at radius 2 is 2.05 bits per heavy atom. The van der Waals surface area contributed by atoms with Gasteiger partial charge in [0.1, 0.15) is 5.82 Å². The van der Waals surface area contributed by atoms with Gasteiger partial charge in [0.25, 0.3) is 0 Å². The van der Waals surface area contributed by atoms with Crippen molar-refractivity contribution in [3.8, 4) is 0 Å². The molecule has 0 unspecified atom stereocenters. The first-order chi connectivity index (χ1) is 9.13. The molecule has 100 valence electrons. The lowest BCUT2D eigenvalue weighted by atomic mass is 10.1. The van der Waals surface area contributed by atoms with Gasteiger partial charge in [0.2, 0.25) is 0 Å². The Morgan fingerprint density at radius 1 is 1.32 bits per heavy atom. The third kappa shape index (κ3) is 3.14. The summed E-state index contributed by atoms with van der Waals surface area (Å²) in [6, 6.07) is 10.4. The average molecular weight is 320 g/mol. The topological polar surface area (TPSA) is 28.2 Å². The summed E-state index contributed by atoms with van der Waals surface area (Å²) < 4.78 is 1.000. The number of hydrogen-bond acceptors (Lipinski definition) is 3. The molecule has 0 aliphatic heterocycles. The molecule has 3 nitrogen and oxygen atoms in total. The molecule has 1 aromatic carbocycles. The van der Waals surface area contributed by atoms with E-state index in [1.807, 2.05) is 13.2 Å². The SMILES string of the molecule is CNCc1cc(Br)cnc1N(C)c1ccccc1C. The summed E-state index contributed by atoms with van der Waals surface area (Å²) in [4.78, 5) is 6.69. The molecule has 0 aliphatic rings. The average Bonchev–Trinajstić information content (AvgIpc) is 2.39. The summed E-state index contributed by atoms with van der Waals surface area (Å²) >= 11 is 3.48.